The maximum atomic E-state index is 12.5. The Morgan fingerprint density at radius 3 is 2.55 bits per heavy atom. The molecule has 1 aliphatic heterocycles. The molecule has 4 N–H and O–H groups in total. The Morgan fingerprint density at radius 2 is 1.87 bits per heavy atom. The highest BCUT2D eigenvalue weighted by molar-refractivity contribution is 6.33. The van der Waals surface area contributed by atoms with Crippen molar-refractivity contribution in [3.8, 4) is 17.3 Å². The van der Waals surface area contributed by atoms with Gasteiger partial charge in [0.1, 0.15) is 11.6 Å². The van der Waals surface area contributed by atoms with Gasteiger partial charge in [0.05, 0.1) is 22.2 Å². The second kappa shape index (κ2) is 12.5. The zero-order chi connectivity index (χ0) is 27.2. The SMILES string of the molecule is N#CC1(CNc2cccc(-c3cc(NC4CCC(NC[C@H](O)C(F)(F)F)CC4)ncc3Cl)n2)CCOCC1. The number of aromatic nitrogens is 2. The van der Waals surface area contributed by atoms with Crippen LogP contribution in [0.1, 0.15) is 38.5 Å². The molecule has 3 heterocycles. The number of pyridine rings is 2. The van der Waals surface area contributed by atoms with Crippen LogP contribution >= 0.6 is 11.6 Å². The zero-order valence-corrected chi connectivity index (χ0v) is 21.7. The lowest BCUT2D eigenvalue weighted by Crippen LogP contribution is -2.44. The smallest absolute Gasteiger partial charge is 0.382 e. The summed E-state index contributed by atoms with van der Waals surface area (Å²) in [6.45, 7) is 1.13. The van der Waals surface area contributed by atoms with Crippen LogP contribution in [-0.2, 0) is 4.74 Å². The van der Waals surface area contributed by atoms with Crippen LogP contribution in [0.3, 0.4) is 0 Å². The van der Waals surface area contributed by atoms with Crippen molar-refractivity contribution in [1.29, 1.82) is 5.26 Å². The third-order valence-corrected chi connectivity index (χ3v) is 7.53. The molecule has 0 unspecified atom stereocenters. The number of nitriles is 1. The van der Waals surface area contributed by atoms with Crippen LogP contribution in [0.25, 0.3) is 11.3 Å². The van der Waals surface area contributed by atoms with Gasteiger partial charge in [-0.1, -0.05) is 17.7 Å². The number of nitrogens with one attached hydrogen (secondary N) is 3. The minimum Gasteiger partial charge on any atom is -0.382 e. The van der Waals surface area contributed by atoms with E-state index in [1.807, 2.05) is 24.3 Å². The van der Waals surface area contributed by atoms with Gasteiger partial charge >= 0.3 is 6.18 Å². The summed E-state index contributed by atoms with van der Waals surface area (Å²) in [6.07, 6.45) is -1.17. The van der Waals surface area contributed by atoms with Gasteiger partial charge in [0, 0.05) is 50.1 Å². The van der Waals surface area contributed by atoms with E-state index in [2.05, 4.69) is 27.0 Å². The van der Waals surface area contributed by atoms with E-state index in [4.69, 9.17) is 21.3 Å². The Labute approximate surface area is 225 Å². The largest absolute Gasteiger partial charge is 0.415 e. The summed E-state index contributed by atoms with van der Waals surface area (Å²) in [6, 6.07) is 9.91. The lowest BCUT2D eigenvalue weighted by atomic mass is 9.82. The molecule has 2 fully saturated rings. The number of hydrogen-bond donors (Lipinski definition) is 4. The molecule has 12 heteroatoms. The van der Waals surface area contributed by atoms with Crippen molar-refractivity contribution in [2.45, 2.75) is 62.9 Å². The zero-order valence-electron chi connectivity index (χ0n) is 20.9. The first kappa shape index (κ1) is 28.4. The molecule has 0 aromatic carbocycles. The van der Waals surface area contributed by atoms with Crippen LogP contribution in [0.2, 0.25) is 5.02 Å². The van der Waals surface area contributed by atoms with Crippen molar-refractivity contribution >= 4 is 23.2 Å². The average molecular weight is 553 g/mol. The van der Waals surface area contributed by atoms with Crippen molar-refractivity contribution in [2.75, 3.05) is 36.9 Å². The molecule has 4 rings (SSSR count). The monoisotopic (exact) mass is 552 g/mol. The molecule has 38 heavy (non-hydrogen) atoms. The Balaban J connectivity index is 1.34. The van der Waals surface area contributed by atoms with Crippen molar-refractivity contribution in [3.63, 3.8) is 0 Å². The summed E-state index contributed by atoms with van der Waals surface area (Å²) in [5.74, 6) is 1.28. The van der Waals surface area contributed by atoms with Crippen molar-refractivity contribution in [1.82, 2.24) is 15.3 Å². The van der Waals surface area contributed by atoms with Gasteiger partial charge in [-0.3, -0.25) is 0 Å². The molecule has 1 aliphatic carbocycles. The molecule has 2 aromatic rings. The van der Waals surface area contributed by atoms with E-state index < -0.39 is 24.2 Å². The van der Waals surface area contributed by atoms with Crippen molar-refractivity contribution in [2.24, 2.45) is 5.41 Å². The third-order valence-electron chi connectivity index (χ3n) is 7.23. The number of halogens is 4. The maximum Gasteiger partial charge on any atom is 0.415 e. The van der Waals surface area contributed by atoms with Gasteiger partial charge in [0.25, 0.3) is 0 Å². The minimum atomic E-state index is -4.61. The topological polar surface area (TPSA) is 115 Å². The first-order chi connectivity index (χ1) is 18.2. The predicted octanol–water partition coefficient (Wildman–Crippen LogP) is 4.77. The Bertz CT molecular complexity index is 1110. The molecule has 8 nitrogen and oxygen atoms in total. The summed E-state index contributed by atoms with van der Waals surface area (Å²) in [7, 11) is 0. The van der Waals surface area contributed by atoms with Crippen LogP contribution < -0.4 is 16.0 Å². The van der Waals surface area contributed by atoms with Gasteiger partial charge in [-0.25, -0.2) is 9.97 Å². The molecule has 0 amide bonds. The second-order valence-electron chi connectivity index (χ2n) is 9.97. The Morgan fingerprint density at radius 1 is 1.16 bits per heavy atom. The third kappa shape index (κ3) is 7.47. The van der Waals surface area contributed by atoms with E-state index >= 15 is 0 Å². The molecular formula is C26H32ClF3N6O2. The molecule has 0 spiro atoms. The van der Waals surface area contributed by atoms with Gasteiger partial charge in [0.2, 0.25) is 0 Å². The number of rotatable bonds is 9. The lowest BCUT2D eigenvalue weighted by Gasteiger charge is -2.31. The summed E-state index contributed by atoms with van der Waals surface area (Å²) in [4.78, 5) is 9.10. The predicted molar refractivity (Wildman–Crippen MR) is 139 cm³/mol. The molecule has 206 valence electrons. The first-order valence-electron chi connectivity index (χ1n) is 12.8. The minimum absolute atomic E-state index is 0.0699. The average Bonchev–Trinajstić information content (AvgIpc) is 2.92. The van der Waals surface area contributed by atoms with E-state index in [0.29, 0.717) is 73.4 Å². The normalized spacial score (nSPS) is 22.3. The van der Waals surface area contributed by atoms with Gasteiger partial charge in [-0.15, -0.1) is 0 Å². The standard InChI is InChI=1S/C26H32ClF3N6O2/c27-20-13-33-24(35-18-6-4-17(5-7-18)32-14-22(37)26(28,29)30)12-19(20)21-2-1-3-23(36-21)34-16-25(15-31)8-10-38-11-9-25/h1-3,12-13,17-18,22,32,37H,4-11,14,16H2,(H,33,35)(H,34,36)/t17?,18?,22-/m0/s1. The van der Waals surface area contributed by atoms with E-state index in [0.717, 1.165) is 12.8 Å². The number of aliphatic hydroxyl groups is 1. The molecular weight excluding hydrogens is 521 g/mol. The maximum absolute atomic E-state index is 12.5. The van der Waals surface area contributed by atoms with Gasteiger partial charge in [-0.2, -0.15) is 18.4 Å². The number of anilines is 2. The number of alkyl halides is 3. The molecule has 1 saturated heterocycles. The van der Waals surface area contributed by atoms with E-state index in [1.165, 1.54) is 0 Å². The number of hydrogen-bond acceptors (Lipinski definition) is 8. The fourth-order valence-corrected chi connectivity index (χ4v) is 4.99. The summed E-state index contributed by atoms with van der Waals surface area (Å²) in [5, 5.41) is 28.9. The Kier molecular flexibility index (Phi) is 9.31. The van der Waals surface area contributed by atoms with Gasteiger partial charge in [0.15, 0.2) is 6.10 Å². The van der Waals surface area contributed by atoms with Crippen LogP contribution in [0.5, 0.6) is 0 Å². The quantitative estimate of drug-likeness (QED) is 0.352. The molecule has 0 radical (unpaired) electrons. The van der Waals surface area contributed by atoms with Crippen molar-refractivity contribution < 1.29 is 23.0 Å². The molecule has 1 atom stereocenters. The number of nitrogens with zero attached hydrogens (tertiary/aromatic N) is 3. The summed E-state index contributed by atoms with van der Waals surface area (Å²) >= 11 is 6.46. The van der Waals surface area contributed by atoms with E-state index in [1.54, 1.807) is 6.20 Å². The molecule has 1 saturated carbocycles. The highest BCUT2D eigenvalue weighted by Gasteiger charge is 2.38. The van der Waals surface area contributed by atoms with E-state index in [9.17, 15) is 23.5 Å². The fraction of sp³-hybridized carbons (Fsp3) is 0.577. The van der Waals surface area contributed by atoms with Crippen LogP contribution in [0.15, 0.2) is 30.5 Å². The molecule has 2 aromatic heterocycles. The molecule has 0 bridgehead atoms. The fourth-order valence-electron chi connectivity index (χ4n) is 4.79. The number of aliphatic hydroxyl groups excluding tert-OH is 1. The lowest BCUT2D eigenvalue weighted by molar-refractivity contribution is -0.202. The summed E-state index contributed by atoms with van der Waals surface area (Å²) < 4.78 is 43.0. The highest BCUT2D eigenvalue weighted by Crippen LogP contribution is 2.32. The first-order valence-corrected chi connectivity index (χ1v) is 13.2. The van der Waals surface area contributed by atoms with Crippen LogP contribution in [-0.4, -0.2) is 65.7 Å². The van der Waals surface area contributed by atoms with Gasteiger partial charge in [-0.05, 0) is 56.7 Å². The number of ether oxygens (including phenoxy) is 1. The van der Waals surface area contributed by atoms with Crippen LogP contribution in [0, 0.1) is 16.7 Å². The molecule has 2 aliphatic rings. The highest BCUT2D eigenvalue weighted by atomic mass is 35.5. The van der Waals surface area contributed by atoms with E-state index in [-0.39, 0.29) is 12.1 Å². The van der Waals surface area contributed by atoms with Crippen LogP contribution in [0.4, 0.5) is 24.8 Å². The second-order valence-corrected chi connectivity index (χ2v) is 10.4. The van der Waals surface area contributed by atoms with Gasteiger partial charge < -0.3 is 25.8 Å². The van der Waals surface area contributed by atoms with Crippen molar-refractivity contribution in [3.05, 3.63) is 35.5 Å². The summed E-state index contributed by atoms with van der Waals surface area (Å²) in [5.41, 5.74) is 0.901. The Hall–Kier alpha value is -2.65.